The molecule has 0 aromatic heterocycles. The summed E-state index contributed by atoms with van der Waals surface area (Å²) in [5.74, 6) is -0.157. The third-order valence-corrected chi connectivity index (χ3v) is 5.29. The number of amides is 1. The average Bonchev–Trinajstić information content (AvgIpc) is 2.92. The molecule has 3 rings (SSSR count). The highest BCUT2D eigenvalue weighted by molar-refractivity contribution is 7.91. The molecule has 4 N–H and O–H groups in total. The quantitative estimate of drug-likeness (QED) is 0.579. The summed E-state index contributed by atoms with van der Waals surface area (Å²) >= 11 is 0. The Kier molecular flexibility index (Phi) is 3.71. The largest absolute Gasteiger partial charge is 0.506 e. The van der Waals surface area contributed by atoms with Gasteiger partial charge in [0.05, 0.1) is 12.2 Å². The minimum absolute atomic E-state index is 0.0223. The lowest BCUT2D eigenvalue weighted by Crippen LogP contribution is -2.30. The molecule has 120 valence electrons. The molecule has 1 amide bonds. The van der Waals surface area contributed by atoms with Crippen LogP contribution >= 0.6 is 0 Å². The van der Waals surface area contributed by atoms with E-state index in [9.17, 15) is 23.4 Å². The molecule has 0 bridgehead atoms. The Bertz CT molecular complexity index is 706. The van der Waals surface area contributed by atoms with Gasteiger partial charge in [0.15, 0.2) is 0 Å². The van der Waals surface area contributed by atoms with Crippen molar-refractivity contribution in [1.29, 1.82) is 0 Å². The monoisotopic (exact) mass is 327 g/mol. The van der Waals surface area contributed by atoms with Crippen LogP contribution in [0.1, 0.15) is 18.4 Å². The average molecular weight is 327 g/mol. The predicted octanol–water partition coefficient (Wildman–Crippen LogP) is -0.814. The number of hydrogen-bond donors (Lipinski definition) is 4. The molecule has 2 saturated heterocycles. The maximum absolute atomic E-state index is 11.8. The lowest BCUT2D eigenvalue weighted by atomic mass is 10.0. The number of anilines is 1. The van der Waals surface area contributed by atoms with Gasteiger partial charge in [-0.3, -0.25) is 4.79 Å². The van der Waals surface area contributed by atoms with E-state index in [2.05, 4.69) is 5.32 Å². The van der Waals surface area contributed by atoms with Crippen LogP contribution in [-0.4, -0.2) is 43.4 Å². The van der Waals surface area contributed by atoms with E-state index in [4.69, 9.17) is 0 Å². The number of benzene rings is 1. The van der Waals surface area contributed by atoms with Gasteiger partial charge in [-0.15, -0.1) is 0 Å². The van der Waals surface area contributed by atoms with Gasteiger partial charge in [0, 0.05) is 12.5 Å². The first-order chi connectivity index (χ1) is 10.3. The number of hydrogen-bond acceptors (Lipinski definition) is 5. The van der Waals surface area contributed by atoms with Gasteiger partial charge in [-0.1, -0.05) is 6.07 Å². The number of β-amino-alcohol motifs (C(OH)–C–C–N with tert-alkyl or cyclic N) is 1. The van der Waals surface area contributed by atoms with E-state index in [1.165, 1.54) is 12.1 Å². The third-order valence-electron chi connectivity index (χ3n) is 3.79. The molecular formula is C13H17N3O5S. The van der Waals surface area contributed by atoms with Gasteiger partial charge in [0.25, 0.3) is 0 Å². The maximum atomic E-state index is 11.8. The van der Waals surface area contributed by atoms with Gasteiger partial charge in [0.1, 0.15) is 12.0 Å². The highest BCUT2D eigenvalue weighted by atomic mass is 32.2. The summed E-state index contributed by atoms with van der Waals surface area (Å²) in [4.78, 5) is 11.2. The summed E-state index contributed by atoms with van der Waals surface area (Å²) in [7, 11) is -3.84. The van der Waals surface area contributed by atoms with Crippen molar-refractivity contribution in [3.05, 3.63) is 23.8 Å². The molecule has 2 heterocycles. The van der Waals surface area contributed by atoms with E-state index in [-0.39, 0.29) is 29.9 Å². The van der Waals surface area contributed by atoms with Crippen LogP contribution in [0.5, 0.6) is 5.75 Å². The molecule has 0 radical (unpaired) electrons. The first-order valence-electron chi connectivity index (χ1n) is 6.94. The van der Waals surface area contributed by atoms with E-state index < -0.39 is 16.4 Å². The first kappa shape index (κ1) is 15.1. The van der Waals surface area contributed by atoms with Gasteiger partial charge in [-0.2, -0.15) is 13.1 Å². The first-order valence-corrected chi connectivity index (χ1v) is 8.38. The Morgan fingerprint density at radius 3 is 2.68 bits per heavy atom. The number of rotatable bonds is 3. The zero-order valence-electron chi connectivity index (χ0n) is 11.7. The zero-order chi connectivity index (χ0) is 15.9. The van der Waals surface area contributed by atoms with Crippen molar-refractivity contribution in [2.45, 2.75) is 31.5 Å². The Balaban J connectivity index is 1.79. The van der Waals surface area contributed by atoms with Crippen molar-refractivity contribution in [1.82, 2.24) is 10.0 Å². The smallest absolute Gasteiger partial charge is 0.304 e. The maximum Gasteiger partial charge on any atom is 0.304 e. The number of aliphatic hydroxyl groups excluding tert-OH is 1. The van der Waals surface area contributed by atoms with E-state index in [0.29, 0.717) is 12.8 Å². The molecule has 9 heteroatoms. The molecular weight excluding hydrogens is 310 g/mol. The predicted molar refractivity (Wildman–Crippen MR) is 78.4 cm³/mol. The summed E-state index contributed by atoms with van der Waals surface area (Å²) in [6, 6.07) is 4.73. The molecule has 2 aliphatic rings. The molecule has 2 fully saturated rings. The summed E-state index contributed by atoms with van der Waals surface area (Å²) in [5, 5.41) is 22.3. The topological polar surface area (TPSA) is 119 Å². The molecule has 0 aliphatic carbocycles. The van der Waals surface area contributed by atoms with Crippen molar-refractivity contribution < 1.29 is 23.4 Å². The van der Waals surface area contributed by atoms with Crippen molar-refractivity contribution in [2.75, 3.05) is 10.8 Å². The molecule has 22 heavy (non-hydrogen) atoms. The zero-order valence-corrected chi connectivity index (χ0v) is 12.5. The number of nitrogens with one attached hydrogen (secondary N) is 2. The second kappa shape index (κ2) is 5.41. The molecule has 0 saturated carbocycles. The van der Waals surface area contributed by atoms with E-state index in [0.717, 1.165) is 16.3 Å². The lowest BCUT2D eigenvalue weighted by molar-refractivity contribution is -0.119. The van der Waals surface area contributed by atoms with Crippen LogP contribution in [0.25, 0.3) is 0 Å². The van der Waals surface area contributed by atoms with E-state index in [1.54, 1.807) is 6.07 Å². The minimum atomic E-state index is -3.84. The molecule has 2 aliphatic heterocycles. The number of carbonyl (C=O) groups excluding carboxylic acids is 1. The van der Waals surface area contributed by atoms with Crippen LogP contribution in [0.3, 0.4) is 0 Å². The summed E-state index contributed by atoms with van der Waals surface area (Å²) in [6.07, 6.45) is 0.632. The van der Waals surface area contributed by atoms with E-state index >= 15 is 0 Å². The van der Waals surface area contributed by atoms with Gasteiger partial charge in [-0.05, 0) is 30.5 Å². The van der Waals surface area contributed by atoms with Gasteiger partial charge < -0.3 is 15.5 Å². The SMILES string of the molecule is O=C1CC[C@@H](Cc2ccc(N3CC(O)NS3(=O)=O)c(O)c2)N1. The molecule has 0 spiro atoms. The number of carbonyl (C=O) groups is 1. The molecule has 1 aromatic rings. The lowest BCUT2D eigenvalue weighted by Gasteiger charge is -2.18. The number of aliphatic hydroxyl groups is 1. The van der Waals surface area contributed by atoms with Crippen LogP contribution in [0, 0.1) is 0 Å². The van der Waals surface area contributed by atoms with Crippen molar-refractivity contribution in [3.8, 4) is 5.75 Å². The number of phenolic OH excluding ortho intramolecular Hbond substituents is 1. The van der Waals surface area contributed by atoms with Crippen LogP contribution in [0.4, 0.5) is 5.69 Å². The Labute approximate surface area is 127 Å². The van der Waals surface area contributed by atoms with Crippen LogP contribution < -0.4 is 14.3 Å². The second-order valence-electron chi connectivity index (χ2n) is 5.50. The second-order valence-corrected chi connectivity index (χ2v) is 7.13. The fourth-order valence-electron chi connectivity index (χ4n) is 2.78. The highest BCUT2D eigenvalue weighted by Gasteiger charge is 2.35. The normalized spacial score (nSPS) is 27.1. The number of phenols is 1. The molecule has 8 nitrogen and oxygen atoms in total. The third kappa shape index (κ3) is 2.87. The summed E-state index contributed by atoms with van der Waals surface area (Å²) < 4.78 is 26.6. The Morgan fingerprint density at radius 2 is 2.14 bits per heavy atom. The van der Waals surface area contributed by atoms with Gasteiger partial charge in [0.2, 0.25) is 5.91 Å². The Morgan fingerprint density at radius 1 is 1.36 bits per heavy atom. The highest BCUT2D eigenvalue weighted by Crippen LogP contribution is 2.32. The molecule has 2 atom stereocenters. The van der Waals surface area contributed by atoms with Crippen molar-refractivity contribution in [3.63, 3.8) is 0 Å². The standard InChI is InChI=1S/C13H17N3O5S/c17-11-6-8(5-9-2-4-12(18)14-9)1-3-10(11)16-7-13(19)15-22(16,20)21/h1,3,6,9,13,15,17,19H,2,4-5,7H2,(H,14,18)/t9-,13?/m0/s1. The van der Waals surface area contributed by atoms with Crippen LogP contribution in [-0.2, 0) is 21.4 Å². The Hall–Kier alpha value is -1.84. The minimum Gasteiger partial charge on any atom is -0.506 e. The van der Waals surface area contributed by atoms with Gasteiger partial charge >= 0.3 is 10.2 Å². The fraction of sp³-hybridized carbons (Fsp3) is 0.462. The van der Waals surface area contributed by atoms with E-state index in [1.807, 2.05) is 4.72 Å². The van der Waals surface area contributed by atoms with Crippen molar-refractivity contribution >= 4 is 21.8 Å². The van der Waals surface area contributed by atoms with Crippen LogP contribution in [0.2, 0.25) is 0 Å². The fourth-order valence-corrected chi connectivity index (χ4v) is 4.07. The van der Waals surface area contributed by atoms with Crippen molar-refractivity contribution in [2.24, 2.45) is 0 Å². The molecule has 1 aromatic carbocycles. The molecule has 1 unspecified atom stereocenters. The summed E-state index contributed by atoms with van der Waals surface area (Å²) in [5.41, 5.74) is 0.918. The number of nitrogens with zero attached hydrogens (tertiary/aromatic N) is 1. The summed E-state index contributed by atoms with van der Waals surface area (Å²) in [6.45, 7) is -0.159. The van der Waals surface area contributed by atoms with Gasteiger partial charge in [-0.25, -0.2) is 4.31 Å². The van der Waals surface area contributed by atoms with Crippen LogP contribution in [0.15, 0.2) is 18.2 Å². The number of aromatic hydroxyl groups is 1.